The minimum Gasteiger partial charge on any atom is -0.352 e. The average molecular weight is 269 g/mol. The predicted molar refractivity (Wildman–Crippen MR) is 79.9 cm³/mol. The highest BCUT2D eigenvalue weighted by Gasteiger charge is 2.25. The normalized spacial score (nSPS) is 25.6. The van der Waals surface area contributed by atoms with Crippen LogP contribution in [0.5, 0.6) is 0 Å². The number of rotatable bonds is 6. The molecular weight excluding hydrogens is 238 g/mol. The summed E-state index contributed by atoms with van der Waals surface area (Å²) in [6.45, 7) is 9.92. The van der Waals surface area contributed by atoms with Gasteiger partial charge in [0.15, 0.2) is 0 Å². The minimum absolute atomic E-state index is 0.151. The molecule has 1 aliphatic carbocycles. The van der Waals surface area contributed by atoms with Crippen LogP contribution in [-0.2, 0) is 4.79 Å². The predicted octanol–water partition coefficient (Wildman–Crippen LogP) is 1.74. The summed E-state index contributed by atoms with van der Waals surface area (Å²) in [4.78, 5) is 14.4. The molecule has 4 nitrogen and oxygen atoms in total. The van der Waals surface area contributed by atoms with Crippen molar-refractivity contribution < 1.29 is 4.79 Å². The van der Waals surface area contributed by atoms with Crippen LogP contribution in [0.25, 0.3) is 0 Å². The van der Waals surface area contributed by atoms with Crippen molar-refractivity contribution in [2.75, 3.05) is 13.1 Å². The highest BCUT2D eigenvalue weighted by molar-refractivity contribution is 5.78. The van der Waals surface area contributed by atoms with Crippen molar-refractivity contribution in [1.29, 1.82) is 0 Å². The topological polar surface area (TPSA) is 58.4 Å². The summed E-state index contributed by atoms with van der Waals surface area (Å²) in [5.74, 6) is 0.629. The molecule has 0 bridgehead atoms. The van der Waals surface area contributed by atoms with E-state index in [4.69, 9.17) is 5.73 Å². The maximum atomic E-state index is 12.1. The van der Waals surface area contributed by atoms with E-state index >= 15 is 0 Å². The third kappa shape index (κ3) is 5.49. The van der Waals surface area contributed by atoms with Crippen LogP contribution in [0.4, 0.5) is 0 Å². The van der Waals surface area contributed by atoms with Gasteiger partial charge in [0.2, 0.25) is 5.91 Å². The van der Waals surface area contributed by atoms with Gasteiger partial charge in [-0.2, -0.15) is 0 Å². The fourth-order valence-corrected chi connectivity index (χ4v) is 2.62. The smallest absolute Gasteiger partial charge is 0.234 e. The largest absolute Gasteiger partial charge is 0.352 e. The fraction of sp³-hybridized carbons (Fsp3) is 0.933. The lowest BCUT2D eigenvalue weighted by molar-refractivity contribution is -0.123. The molecule has 112 valence electrons. The lowest BCUT2D eigenvalue weighted by Crippen LogP contribution is -2.47. The van der Waals surface area contributed by atoms with Crippen molar-refractivity contribution >= 4 is 5.91 Å². The van der Waals surface area contributed by atoms with E-state index in [1.807, 2.05) is 0 Å². The van der Waals surface area contributed by atoms with Gasteiger partial charge in [0, 0.05) is 18.1 Å². The summed E-state index contributed by atoms with van der Waals surface area (Å²) >= 11 is 0. The number of nitrogens with two attached hydrogens (primary N) is 1. The highest BCUT2D eigenvalue weighted by Crippen LogP contribution is 2.21. The maximum absolute atomic E-state index is 12.1. The summed E-state index contributed by atoms with van der Waals surface area (Å²) in [6.07, 6.45) is 4.43. The molecule has 1 unspecified atom stereocenters. The third-order valence-electron chi connectivity index (χ3n) is 4.40. The van der Waals surface area contributed by atoms with Crippen molar-refractivity contribution in [3.63, 3.8) is 0 Å². The number of carbonyl (C=O) groups is 1. The summed E-state index contributed by atoms with van der Waals surface area (Å²) < 4.78 is 0. The van der Waals surface area contributed by atoms with Crippen molar-refractivity contribution in [3.05, 3.63) is 0 Å². The second-order valence-electron chi connectivity index (χ2n) is 6.23. The standard InChI is InChI=1S/C15H31N3O/c1-5-18(14-8-6-13(16)7-9-14)10-15(19)17-12(4)11(2)3/h11-14H,5-10,16H2,1-4H3,(H,17,19). The molecule has 1 amide bonds. The first-order valence-electron chi connectivity index (χ1n) is 7.73. The van der Waals surface area contributed by atoms with Crippen LogP contribution < -0.4 is 11.1 Å². The van der Waals surface area contributed by atoms with Gasteiger partial charge in [0.25, 0.3) is 0 Å². The van der Waals surface area contributed by atoms with Gasteiger partial charge >= 0.3 is 0 Å². The molecule has 1 atom stereocenters. The Kier molecular flexibility index (Phi) is 6.80. The second kappa shape index (κ2) is 7.85. The van der Waals surface area contributed by atoms with E-state index in [1.165, 1.54) is 0 Å². The van der Waals surface area contributed by atoms with Gasteiger partial charge < -0.3 is 11.1 Å². The van der Waals surface area contributed by atoms with Crippen LogP contribution >= 0.6 is 0 Å². The van der Waals surface area contributed by atoms with E-state index in [-0.39, 0.29) is 11.9 Å². The zero-order chi connectivity index (χ0) is 14.4. The number of amides is 1. The van der Waals surface area contributed by atoms with Crippen LogP contribution in [0.15, 0.2) is 0 Å². The van der Waals surface area contributed by atoms with Crippen LogP contribution in [0.3, 0.4) is 0 Å². The lowest BCUT2D eigenvalue weighted by Gasteiger charge is -2.35. The zero-order valence-corrected chi connectivity index (χ0v) is 13.0. The lowest BCUT2D eigenvalue weighted by atomic mass is 9.90. The molecule has 1 rings (SSSR count). The Morgan fingerprint density at radius 1 is 1.26 bits per heavy atom. The zero-order valence-electron chi connectivity index (χ0n) is 13.0. The third-order valence-corrected chi connectivity index (χ3v) is 4.40. The Labute approximate surface area is 118 Å². The Hall–Kier alpha value is -0.610. The average Bonchev–Trinajstić information content (AvgIpc) is 2.37. The Morgan fingerprint density at radius 2 is 1.84 bits per heavy atom. The van der Waals surface area contributed by atoms with Crippen LogP contribution in [0.1, 0.15) is 53.4 Å². The Balaban J connectivity index is 2.41. The van der Waals surface area contributed by atoms with Gasteiger partial charge in [-0.1, -0.05) is 20.8 Å². The molecule has 0 aliphatic heterocycles. The molecule has 4 heteroatoms. The molecule has 1 saturated carbocycles. The SMILES string of the molecule is CCN(CC(=O)NC(C)C(C)C)C1CCC(N)CC1. The second-order valence-corrected chi connectivity index (χ2v) is 6.23. The van der Waals surface area contributed by atoms with Crippen molar-refractivity contribution in [1.82, 2.24) is 10.2 Å². The van der Waals surface area contributed by atoms with Gasteiger partial charge in [-0.3, -0.25) is 9.69 Å². The number of hydrogen-bond donors (Lipinski definition) is 2. The quantitative estimate of drug-likeness (QED) is 0.772. The van der Waals surface area contributed by atoms with Gasteiger partial charge in [-0.15, -0.1) is 0 Å². The highest BCUT2D eigenvalue weighted by atomic mass is 16.2. The van der Waals surface area contributed by atoms with E-state index < -0.39 is 0 Å². The number of carbonyl (C=O) groups excluding carboxylic acids is 1. The Bertz CT molecular complexity index is 273. The van der Waals surface area contributed by atoms with Crippen LogP contribution in [-0.4, -0.2) is 42.0 Å². The van der Waals surface area contributed by atoms with E-state index in [1.54, 1.807) is 0 Å². The first kappa shape index (κ1) is 16.4. The molecule has 0 aromatic carbocycles. The summed E-state index contributed by atoms with van der Waals surface area (Å²) in [6, 6.07) is 1.14. The number of likely N-dealkylation sites (N-methyl/N-ethyl adjacent to an activating group) is 1. The van der Waals surface area contributed by atoms with Crippen LogP contribution in [0, 0.1) is 5.92 Å². The van der Waals surface area contributed by atoms with E-state index in [0.29, 0.717) is 24.5 Å². The number of nitrogens with zero attached hydrogens (tertiary/aromatic N) is 1. The van der Waals surface area contributed by atoms with Gasteiger partial charge in [0.1, 0.15) is 0 Å². The molecular formula is C15H31N3O. The monoisotopic (exact) mass is 269 g/mol. The number of hydrogen-bond acceptors (Lipinski definition) is 3. The number of nitrogens with one attached hydrogen (secondary N) is 1. The minimum atomic E-state index is 0.151. The summed E-state index contributed by atoms with van der Waals surface area (Å²) in [7, 11) is 0. The fourth-order valence-electron chi connectivity index (χ4n) is 2.62. The molecule has 0 spiro atoms. The summed E-state index contributed by atoms with van der Waals surface area (Å²) in [5, 5.41) is 3.09. The Morgan fingerprint density at radius 3 is 2.32 bits per heavy atom. The molecule has 3 N–H and O–H groups in total. The molecule has 0 heterocycles. The van der Waals surface area contributed by atoms with Crippen molar-refractivity contribution in [3.8, 4) is 0 Å². The molecule has 0 aromatic rings. The molecule has 1 aliphatic rings. The molecule has 19 heavy (non-hydrogen) atoms. The van der Waals surface area contributed by atoms with E-state index in [2.05, 4.69) is 37.9 Å². The van der Waals surface area contributed by atoms with Crippen LogP contribution in [0.2, 0.25) is 0 Å². The summed E-state index contributed by atoms with van der Waals surface area (Å²) in [5.41, 5.74) is 5.94. The molecule has 0 saturated heterocycles. The molecule has 1 fully saturated rings. The van der Waals surface area contributed by atoms with Crippen molar-refractivity contribution in [2.24, 2.45) is 11.7 Å². The molecule has 0 aromatic heterocycles. The van der Waals surface area contributed by atoms with Gasteiger partial charge in [-0.05, 0) is 45.1 Å². The van der Waals surface area contributed by atoms with E-state index in [9.17, 15) is 4.79 Å². The van der Waals surface area contributed by atoms with Gasteiger partial charge in [0.05, 0.1) is 6.54 Å². The first-order valence-corrected chi connectivity index (χ1v) is 7.73. The maximum Gasteiger partial charge on any atom is 0.234 e. The first-order chi connectivity index (χ1) is 8.93. The van der Waals surface area contributed by atoms with E-state index in [0.717, 1.165) is 32.2 Å². The molecule has 0 radical (unpaired) electrons. The van der Waals surface area contributed by atoms with Gasteiger partial charge in [-0.25, -0.2) is 0 Å². The van der Waals surface area contributed by atoms with Crippen molar-refractivity contribution in [2.45, 2.75) is 71.5 Å².